The van der Waals surface area contributed by atoms with E-state index >= 15 is 0 Å². The maximum Gasteiger partial charge on any atom is 0.140 e. The third-order valence-electron chi connectivity index (χ3n) is 4.56. The van der Waals surface area contributed by atoms with Crippen LogP contribution < -0.4 is 0 Å². The van der Waals surface area contributed by atoms with Gasteiger partial charge in [-0.3, -0.25) is 4.79 Å². The summed E-state index contributed by atoms with van der Waals surface area (Å²) >= 11 is 5.97. The van der Waals surface area contributed by atoms with Gasteiger partial charge in [0.25, 0.3) is 0 Å². The molecular weight excluding hydrogens is 251 g/mol. The van der Waals surface area contributed by atoms with Gasteiger partial charge >= 0.3 is 0 Å². The van der Waals surface area contributed by atoms with Crippen LogP contribution in [-0.4, -0.2) is 5.78 Å². The van der Waals surface area contributed by atoms with Gasteiger partial charge in [-0.25, -0.2) is 4.39 Å². The molecule has 0 radical (unpaired) electrons. The standard InChI is InChI=1S/C15H16ClFO/c16-13-2-1-3-14(17)12(13)8-15(18)11-7-9-4-5-10(11)6-9/h1-3,9-11H,4-8H2. The van der Waals surface area contributed by atoms with Crippen molar-refractivity contribution >= 4 is 17.4 Å². The van der Waals surface area contributed by atoms with Gasteiger partial charge in [-0.1, -0.05) is 24.1 Å². The van der Waals surface area contributed by atoms with E-state index in [2.05, 4.69) is 0 Å². The number of hydrogen-bond donors (Lipinski definition) is 0. The Morgan fingerprint density at radius 2 is 2.17 bits per heavy atom. The SMILES string of the molecule is O=C(Cc1c(F)cccc1Cl)C1CC2CCC1C2. The molecule has 2 bridgehead atoms. The third kappa shape index (κ3) is 2.07. The van der Waals surface area contributed by atoms with Gasteiger partial charge in [0.2, 0.25) is 0 Å². The lowest BCUT2D eigenvalue weighted by Crippen LogP contribution is -2.23. The molecule has 3 heteroatoms. The van der Waals surface area contributed by atoms with E-state index in [1.54, 1.807) is 12.1 Å². The maximum atomic E-state index is 13.6. The first-order valence-corrected chi connectivity index (χ1v) is 6.98. The van der Waals surface area contributed by atoms with Gasteiger partial charge in [-0.2, -0.15) is 0 Å². The van der Waals surface area contributed by atoms with Crippen LogP contribution in [0.5, 0.6) is 0 Å². The van der Waals surface area contributed by atoms with E-state index in [4.69, 9.17) is 11.6 Å². The van der Waals surface area contributed by atoms with Gasteiger partial charge in [0.15, 0.2) is 0 Å². The molecule has 0 heterocycles. The fourth-order valence-electron chi connectivity index (χ4n) is 3.65. The molecule has 2 aliphatic carbocycles. The van der Waals surface area contributed by atoms with Crippen LogP contribution in [0.1, 0.15) is 31.2 Å². The number of hydrogen-bond acceptors (Lipinski definition) is 1. The monoisotopic (exact) mass is 266 g/mol. The van der Waals surface area contributed by atoms with E-state index in [0.717, 1.165) is 12.3 Å². The van der Waals surface area contributed by atoms with Crippen LogP contribution in [0.2, 0.25) is 5.02 Å². The highest BCUT2D eigenvalue weighted by Crippen LogP contribution is 2.48. The van der Waals surface area contributed by atoms with E-state index in [0.29, 0.717) is 16.5 Å². The highest BCUT2D eigenvalue weighted by molar-refractivity contribution is 6.31. The molecule has 96 valence electrons. The Hall–Kier alpha value is -0.890. The molecule has 1 nitrogen and oxygen atoms in total. The lowest BCUT2D eigenvalue weighted by atomic mass is 9.83. The van der Waals surface area contributed by atoms with Gasteiger partial charge in [0.05, 0.1) is 0 Å². The molecule has 0 saturated heterocycles. The Labute approximate surface area is 111 Å². The van der Waals surface area contributed by atoms with E-state index < -0.39 is 0 Å². The zero-order valence-electron chi connectivity index (χ0n) is 10.2. The number of halogens is 2. The summed E-state index contributed by atoms with van der Waals surface area (Å²) in [5.41, 5.74) is 0.368. The summed E-state index contributed by atoms with van der Waals surface area (Å²) in [7, 11) is 0. The summed E-state index contributed by atoms with van der Waals surface area (Å²) < 4.78 is 13.6. The van der Waals surface area contributed by atoms with Gasteiger partial charge in [0.1, 0.15) is 11.6 Å². The first kappa shape index (κ1) is 12.2. The quantitative estimate of drug-likeness (QED) is 0.807. The van der Waals surface area contributed by atoms with Crippen molar-refractivity contribution in [3.8, 4) is 0 Å². The van der Waals surface area contributed by atoms with Crippen molar-refractivity contribution in [3.63, 3.8) is 0 Å². The second kappa shape index (κ2) is 4.65. The minimum absolute atomic E-state index is 0.152. The highest BCUT2D eigenvalue weighted by atomic mass is 35.5. The molecule has 0 aromatic heterocycles. The van der Waals surface area contributed by atoms with Crippen molar-refractivity contribution in [1.29, 1.82) is 0 Å². The number of rotatable bonds is 3. The Morgan fingerprint density at radius 3 is 2.78 bits per heavy atom. The van der Waals surface area contributed by atoms with Crippen LogP contribution in [0.25, 0.3) is 0 Å². The fourth-order valence-corrected chi connectivity index (χ4v) is 3.88. The summed E-state index contributed by atoms with van der Waals surface area (Å²) in [6.07, 6.45) is 4.80. The number of benzene rings is 1. The number of ketones is 1. The van der Waals surface area contributed by atoms with Crippen molar-refractivity contribution < 1.29 is 9.18 Å². The van der Waals surface area contributed by atoms with Gasteiger partial charge < -0.3 is 0 Å². The topological polar surface area (TPSA) is 17.1 Å². The van der Waals surface area contributed by atoms with E-state index in [9.17, 15) is 9.18 Å². The summed E-state index contributed by atoms with van der Waals surface area (Å²) in [4.78, 5) is 12.3. The molecular formula is C15H16ClFO. The van der Waals surface area contributed by atoms with Crippen molar-refractivity contribution in [3.05, 3.63) is 34.6 Å². The van der Waals surface area contributed by atoms with Crippen molar-refractivity contribution in [2.75, 3.05) is 0 Å². The second-order valence-corrected chi connectivity index (χ2v) is 6.03. The minimum atomic E-state index is -0.362. The Bertz CT molecular complexity index is 465. The minimum Gasteiger partial charge on any atom is -0.299 e. The van der Waals surface area contributed by atoms with Crippen LogP contribution in [-0.2, 0) is 11.2 Å². The van der Waals surface area contributed by atoms with Gasteiger partial charge in [0, 0.05) is 22.9 Å². The van der Waals surface area contributed by atoms with Crippen LogP contribution in [0.3, 0.4) is 0 Å². The molecule has 1 aromatic rings. The number of Topliss-reactive ketones (excluding diaryl/α,β-unsaturated/α-hetero) is 1. The molecule has 1 aromatic carbocycles. The van der Waals surface area contributed by atoms with E-state index in [-0.39, 0.29) is 23.9 Å². The molecule has 2 fully saturated rings. The first-order valence-electron chi connectivity index (χ1n) is 6.60. The lowest BCUT2D eigenvalue weighted by molar-refractivity contribution is -0.123. The largest absolute Gasteiger partial charge is 0.299 e. The third-order valence-corrected chi connectivity index (χ3v) is 4.92. The van der Waals surface area contributed by atoms with Crippen molar-refractivity contribution in [1.82, 2.24) is 0 Å². The molecule has 0 N–H and O–H groups in total. The zero-order chi connectivity index (χ0) is 12.7. The summed E-state index contributed by atoms with van der Waals surface area (Å²) in [5, 5.41) is 0.367. The number of carbonyl (C=O) groups is 1. The average Bonchev–Trinajstić information content (AvgIpc) is 2.96. The molecule has 2 aliphatic rings. The fraction of sp³-hybridized carbons (Fsp3) is 0.533. The summed E-state index contributed by atoms with van der Waals surface area (Å²) in [6.45, 7) is 0. The first-order chi connectivity index (χ1) is 8.65. The lowest BCUT2D eigenvalue weighted by Gasteiger charge is -2.20. The second-order valence-electron chi connectivity index (χ2n) is 5.62. The van der Waals surface area contributed by atoms with Crippen LogP contribution in [0, 0.1) is 23.6 Å². The molecule has 2 saturated carbocycles. The molecule has 18 heavy (non-hydrogen) atoms. The smallest absolute Gasteiger partial charge is 0.140 e. The molecule has 0 amide bonds. The normalized spacial score (nSPS) is 29.8. The van der Waals surface area contributed by atoms with Crippen LogP contribution >= 0.6 is 11.6 Å². The molecule has 3 atom stereocenters. The van der Waals surface area contributed by atoms with E-state index in [1.165, 1.54) is 25.3 Å². The predicted octanol–water partition coefficient (Wildman–Crippen LogP) is 4.03. The summed E-state index contributed by atoms with van der Waals surface area (Å²) in [6, 6.07) is 4.59. The van der Waals surface area contributed by atoms with E-state index in [1.807, 2.05) is 0 Å². The van der Waals surface area contributed by atoms with Gasteiger partial charge in [-0.15, -0.1) is 0 Å². The van der Waals surface area contributed by atoms with Crippen LogP contribution in [0.4, 0.5) is 4.39 Å². The predicted molar refractivity (Wildman–Crippen MR) is 69.1 cm³/mol. The number of fused-ring (bicyclic) bond motifs is 2. The van der Waals surface area contributed by atoms with Crippen LogP contribution in [0.15, 0.2) is 18.2 Å². The Kier molecular flexibility index (Phi) is 3.14. The average molecular weight is 267 g/mol. The molecule has 0 aliphatic heterocycles. The van der Waals surface area contributed by atoms with Crippen molar-refractivity contribution in [2.24, 2.45) is 17.8 Å². The Balaban J connectivity index is 1.75. The molecule has 3 rings (SSSR count). The number of carbonyl (C=O) groups excluding carboxylic acids is 1. The van der Waals surface area contributed by atoms with Crippen molar-refractivity contribution in [2.45, 2.75) is 32.1 Å². The van der Waals surface area contributed by atoms with Gasteiger partial charge in [-0.05, 0) is 43.2 Å². The maximum absolute atomic E-state index is 13.6. The zero-order valence-corrected chi connectivity index (χ0v) is 10.9. The highest BCUT2D eigenvalue weighted by Gasteiger charge is 2.42. The Morgan fingerprint density at radius 1 is 1.33 bits per heavy atom. The molecule has 3 unspecified atom stereocenters. The molecule has 0 spiro atoms. The summed E-state index contributed by atoms with van der Waals surface area (Å²) in [5.74, 6) is 1.25.